The van der Waals surface area contributed by atoms with Crippen LogP contribution in [-0.4, -0.2) is 18.6 Å². The van der Waals surface area contributed by atoms with E-state index in [1.54, 1.807) is 19.1 Å². The number of nitrogens with zero attached hydrogens (tertiary/aromatic N) is 2. The molecule has 0 fully saturated rings. The molecule has 2 aromatic rings. The second kappa shape index (κ2) is 5.81. The summed E-state index contributed by atoms with van der Waals surface area (Å²) in [5, 5.41) is 2.53. The molecular formula is C14H14F3N3. The van der Waals surface area contributed by atoms with Gasteiger partial charge in [0.15, 0.2) is 23.3 Å². The summed E-state index contributed by atoms with van der Waals surface area (Å²) in [6.07, 6.45) is 0. The van der Waals surface area contributed by atoms with E-state index in [-0.39, 0.29) is 17.3 Å². The van der Waals surface area contributed by atoms with Gasteiger partial charge in [0.25, 0.3) is 0 Å². The van der Waals surface area contributed by atoms with Crippen molar-refractivity contribution in [3.05, 3.63) is 47.8 Å². The van der Waals surface area contributed by atoms with Gasteiger partial charge in [0.1, 0.15) is 5.82 Å². The molecule has 0 atom stereocenters. The van der Waals surface area contributed by atoms with Crippen LogP contribution in [0.3, 0.4) is 0 Å². The third-order valence-electron chi connectivity index (χ3n) is 2.86. The number of hydrogen-bond acceptors (Lipinski definition) is 3. The SMILES string of the molecule is CCN(c1ccccc1F)c1nc(NC)c(F)cc1F. The first-order chi connectivity index (χ1) is 9.58. The summed E-state index contributed by atoms with van der Waals surface area (Å²) < 4.78 is 41.2. The fourth-order valence-corrected chi connectivity index (χ4v) is 1.93. The summed E-state index contributed by atoms with van der Waals surface area (Å²) in [6, 6.07) is 6.71. The number of para-hydroxylation sites is 1. The Morgan fingerprint density at radius 1 is 1.10 bits per heavy atom. The van der Waals surface area contributed by atoms with Gasteiger partial charge in [-0.05, 0) is 19.1 Å². The monoisotopic (exact) mass is 281 g/mol. The van der Waals surface area contributed by atoms with Crippen molar-refractivity contribution in [2.24, 2.45) is 0 Å². The number of hydrogen-bond donors (Lipinski definition) is 1. The van der Waals surface area contributed by atoms with Crippen LogP contribution < -0.4 is 10.2 Å². The molecule has 0 aliphatic rings. The molecule has 3 nitrogen and oxygen atoms in total. The molecule has 0 aliphatic heterocycles. The van der Waals surface area contributed by atoms with E-state index in [0.717, 1.165) is 6.07 Å². The van der Waals surface area contributed by atoms with Gasteiger partial charge >= 0.3 is 0 Å². The Labute approximate surface area is 115 Å². The first-order valence-corrected chi connectivity index (χ1v) is 6.14. The highest BCUT2D eigenvalue weighted by atomic mass is 19.1. The van der Waals surface area contributed by atoms with Crippen molar-refractivity contribution in [3.8, 4) is 0 Å². The van der Waals surface area contributed by atoms with Gasteiger partial charge < -0.3 is 10.2 Å². The van der Waals surface area contributed by atoms with Crippen molar-refractivity contribution in [3.63, 3.8) is 0 Å². The third-order valence-corrected chi connectivity index (χ3v) is 2.86. The highest BCUT2D eigenvalue weighted by Crippen LogP contribution is 2.30. The van der Waals surface area contributed by atoms with Crippen molar-refractivity contribution in [2.75, 3.05) is 23.8 Å². The summed E-state index contributed by atoms with van der Waals surface area (Å²) in [7, 11) is 1.48. The predicted molar refractivity (Wildman–Crippen MR) is 72.8 cm³/mol. The van der Waals surface area contributed by atoms with E-state index in [4.69, 9.17) is 0 Å². The van der Waals surface area contributed by atoms with Crippen molar-refractivity contribution < 1.29 is 13.2 Å². The first kappa shape index (κ1) is 14.2. The second-order valence-corrected chi connectivity index (χ2v) is 4.07. The van der Waals surface area contributed by atoms with E-state index in [1.807, 2.05) is 0 Å². The van der Waals surface area contributed by atoms with Crippen LogP contribution in [0.1, 0.15) is 6.92 Å². The number of pyridine rings is 1. The molecule has 106 valence electrons. The minimum Gasteiger partial charge on any atom is -0.371 e. The van der Waals surface area contributed by atoms with E-state index in [0.29, 0.717) is 6.54 Å². The Hall–Kier alpha value is -2.24. The molecule has 0 spiro atoms. The molecule has 1 N–H and O–H groups in total. The maximum absolute atomic E-state index is 13.9. The molecule has 0 unspecified atom stereocenters. The Balaban J connectivity index is 2.55. The molecule has 0 saturated heterocycles. The molecule has 1 aromatic heterocycles. The molecule has 0 amide bonds. The summed E-state index contributed by atoms with van der Waals surface area (Å²) >= 11 is 0. The zero-order valence-corrected chi connectivity index (χ0v) is 11.1. The number of benzene rings is 1. The van der Waals surface area contributed by atoms with Gasteiger partial charge in [0.05, 0.1) is 5.69 Å². The zero-order chi connectivity index (χ0) is 14.7. The standard InChI is InChI=1S/C14H14F3N3/c1-3-20(12-7-5-4-6-9(12)15)14-11(17)8-10(16)13(18-2)19-14/h4-8H,3H2,1-2H3,(H,18,19). The Morgan fingerprint density at radius 2 is 1.80 bits per heavy atom. The van der Waals surface area contributed by atoms with Gasteiger partial charge in [-0.25, -0.2) is 18.2 Å². The van der Waals surface area contributed by atoms with E-state index < -0.39 is 17.5 Å². The second-order valence-electron chi connectivity index (χ2n) is 4.07. The molecule has 0 aliphatic carbocycles. The van der Waals surface area contributed by atoms with Gasteiger partial charge in [-0.1, -0.05) is 12.1 Å². The summed E-state index contributed by atoms with van der Waals surface area (Å²) in [5.74, 6) is -2.34. The lowest BCUT2D eigenvalue weighted by atomic mass is 10.2. The molecule has 20 heavy (non-hydrogen) atoms. The number of anilines is 3. The van der Waals surface area contributed by atoms with Crippen molar-refractivity contribution >= 4 is 17.3 Å². The molecular weight excluding hydrogens is 267 g/mol. The van der Waals surface area contributed by atoms with E-state index >= 15 is 0 Å². The van der Waals surface area contributed by atoms with Crippen LogP contribution in [0.25, 0.3) is 0 Å². The van der Waals surface area contributed by atoms with Crippen LogP contribution in [0.15, 0.2) is 30.3 Å². The smallest absolute Gasteiger partial charge is 0.171 e. The summed E-state index contributed by atoms with van der Waals surface area (Å²) in [6.45, 7) is 2.02. The lowest BCUT2D eigenvalue weighted by Crippen LogP contribution is -2.21. The zero-order valence-electron chi connectivity index (χ0n) is 11.1. The summed E-state index contributed by atoms with van der Waals surface area (Å²) in [5.41, 5.74) is 0.190. The van der Waals surface area contributed by atoms with Crippen LogP contribution in [0, 0.1) is 17.5 Å². The fraction of sp³-hybridized carbons (Fsp3) is 0.214. The van der Waals surface area contributed by atoms with Crippen LogP contribution in [0.2, 0.25) is 0 Å². The minimum atomic E-state index is -0.841. The minimum absolute atomic E-state index is 0.0869. The first-order valence-electron chi connectivity index (χ1n) is 6.14. The van der Waals surface area contributed by atoms with Gasteiger partial charge in [0.2, 0.25) is 0 Å². The van der Waals surface area contributed by atoms with Crippen molar-refractivity contribution in [1.82, 2.24) is 4.98 Å². The lowest BCUT2D eigenvalue weighted by molar-refractivity contribution is 0.573. The fourth-order valence-electron chi connectivity index (χ4n) is 1.93. The number of halogens is 3. The predicted octanol–water partition coefficient (Wildman–Crippen LogP) is 3.70. The molecule has 0 bridgehead atoms. The van der Waals surface area contributed by atoms with Gasteiger partial charge in [-0.3, -0.25) is 0 Å². The van der Waals surface area contributed by atoms with Gasteiger partial charge in [-0.2, -0.15) is 0 Å². The molecule has 6 heteroatoms. The Morgan fingerprint density at radius 3 is 2.40 bits per heavy atom. The van der Waals surface area contributed by atoms with Crippen LogP contribution >= 0.6 is 0 Å². The molecule has 0 saturated carbocycles. The largest absolute Gasteiger partial charge is 0.371 e. The van der Waals surface area contributed by atoms with E-state index in [1.165, 1.54) is 24.1 Å². The Bertz CT molecular complexity index is 617. The van der Waals surface area contributed by atoms with Gasteiger partial charge in [0, 0.05) is 19.7 Å². The Kier molecular flexibility index (Phi) is 4.12. The molecule has 2 rings (SSSR count). The van der Waals surface area contributed by atoms with E-state index in [9.17, 15) is 13.2 Å². The van der Waals surface area contributed by atoms with Crippen molar-refractivity contribution in [2.45, 2.75) is 6.92 Å². The maximum Gasteiger partial charge on any atom is 0.171 e. The number of aromatic nitrogens is 1. The number of nitrogens with one attached hydrogen (secondary N) is 1. The average molecular weight is 281 g/mol. The lowest BCUT2D eigenvalue weighted by Gasteiger charge is -2.23. The molecule has 1 heterocycles. The van der Waals surface area contributed by atoms with Crippen LogP contribution in [-0.2, 0) is 0 Å². The normalized spacial score (nSPS) is 10.4. The quantitative estimate of drug-likeness (QED) is 0.926. The topological polar surface area (TPSA) is 28.2 Å². The maximum atomic E-state index is 13.9. The third kappa shape index (κ3) is 2.54. The van der Waals surface area contributed by atoms with Crippen molar-refractivity contribution in [1.29, 1.82) is 0 Å². The van der Waals surface area contributed by atoms with Crippen LogP contribution in [0.4, 0.5) is 30.5 Å². The number of rotatable bonds is 4. The van der Waals surface area contributed by atoms with Gasteiger partial charge in [-0.15, -0.1) is 0 Å². The molecule has 1 aromatic carbocycles. The van der Waals surface area contributed by atoms with Crippen LogP contribution in [0.5, 0.6) is 0 Å². The highest BCUT2D eigenvalue weighted by molar-refractivity contribution is 5.62. The average Bonchev–Trinajstić information content (AvgIpc) is 2.43. The highest BCUT2D eigenvalue weighted by Gasteiger charge is 2.19. The molecule has 0 radical (unpaired) electrons. The summed E-state index contributed by atoms with van der Waals surface area (Å²) in [4.78, 5) is 5.23. The van der Waals surface area contributed by atoms with E-state index in [2.05, 4.69) is 10.3 Å².